The summed E-state index contributed by atoms with van der Waals surface area (Å²) in [5, 5.41) is 10.4. The molecular weight excluding hydrogens is 346 g/mol. The smallest absolute Gasteiger partial charge is 0.346 e. The van der Waals surface area contributed by atoms with Crippen molar-refractivity contribution in [3.63, 3.8) is 0 Å². The Balaban J connectivity index is 2.25. The maximum Gasteiger partial charge on any atom is 0.346 e. The molecule has 1 aromatic carbocycles. The van der Waals surface area contributed by atoms with E-state index in [4.69, 9.17) is 4.98 Å². The monoisotopic (exact) mass is 369 g/mol. The van der Waals surface area contributed by atoms with E-state index >= 15 is 0 Å². The van der Waals surface area contributed by atoms with Gasteiger partial charge in [-0.3, -0.25) is 0 Å². The van der Waals surface area contributed by atoms with Crippen molar-refractivity contribution < 1.29 is 9.90 Å². The zero-order chi connectivity index (χ0) is 18.7. The number of carboxylic acid groups (broad SMARTS) is 1. The van der Waals surface area contributed by atoms with Crippen LogP contribution in [0, 0.1) is 6.92 Å². The molecule has 1 N–H and O–H groups in total. The maximum absolute atomic E-state index is 11.6. The largest absolute Gasteiger partial charge is 0.477 e. The van der Waals surface area contributed by atoms with Gasteiger partial charge in [0.1, 0.15) is 15.5 Å². The minimum atomic E-state index is -0.908. The summed E-state index contributed by atoms with van der Waals surface area (Å²) in [6, 6.07) is 9.83. The number of aromatic carboxylic acids is 1. The van der Waals surface area contributed by atoms with E-state index in [9.17, 15) is 9.90 Å². The quantitative estimate of drug-likeness (QED) is 0.635. The van der Waals surface area contributed by atoms with Crippen molar-refractivity contribution in [3.8, 4) is 11.4 Å². The third-order valence-corrected chi connectivity index (χ3v) is 5.63. The van der Waals surface area contributed by atoms with Gasteiger partial charge >= 0.3 is 5.97 Å². The second kappa shape index (κ2) is 7.83. The molecule has 0 unspecified atom stereocenters. The Labute approximate surface area is 157 Å². The van der Waals surface area contributed by atoms with Gasteiger partial charge in [0.05, 0.1) is 5.39 Å². The van der Waals surface area contributed by atoms with Crippen LogP contribution in [0.4, 0.5) is 5.82 Å². The van der Waals surface area contributed by atoms with Gasteiger partial charge in [-0.05, 0) is 25.8 Å². The van der Waals surface area contributed by atoms with Gasteiger partial charge in [0.15, 0.2) is 5.82 Å². The topological polar surface area (TPSA) is 66.3 Å². The van der Waals surface area contributed by atoms with Gasteiger partial charge in [-0.15, -0.1) is 11.3 Å². The van der Waals surface area contributed by atoms with E-state index in [0.717, 1.165) is 53.1 Å². The Hall–Kier alpha value is -2.47. The highest BCUT2D eigenvalue weighted by atomic mass is 32.1. The molecule has 0 atom stereocenters. The number of hydrogen-bond donors (Lipinski definition) is 1. The minimum absolute atomic E-state index is 0.340. The lowest BCUT2D eigenvalue weighted by atomic mass is 10.1. The average Bonchev–Trinajstić information content (AvgIpc) is 3.00. The second-order valence-corrected chi connectivity index (χ2v) is 7.21. The van der Waals surface area contributed by atoms with Crippen LogP contribution in [0.1, 0.15) is 41.9 Å². The highest BCUT2D eigenvalue weighted by Crippen LogP contribution is 2.37. The van der Waals surface area contributed by atoms with Crippen LogP contribution in [0.3, 0.4) is 0 Å². The van der Waals surface area contributed by atoms with Crippen LogP contribution in [-0.4, -0.2) is 34.1 Å². The number of fused-ring (bicyclic) bond motifs is 1. The molecule has 2 aromatic heterocycles. The standard InChI is InChI=1S/C20H23N3O2S/c1-4-6-12-23(5-2)18-15-13(3)16(20(24)25)26-19(15)22-17(21-18)14-10-8-7-9-11-14/h7-11H,4-6,12H2,1-3H3,(H,24,25). The fourth-order valence-electron chi connectivity index (χ4n) is 3.03. The highest BCUT2D eigenvalue weighted by Gasteiger charge is 2.22. The molecule has 26 heavy (non-hydrogen) atoms. The van der Waals surface area contributed by atoms with Crippen LogP contribution in [0.25, 0.3) is 21.6 Å². The molecule has 0 aliphatic rings. The van der Waals surface area contributed by atoms with E-state index < -0.39 is 5.97 Å². The van der Waals surface area contributed by atoms with E-state index in [1.54, 1.807) is 0 Å². The van der Waals surface area contributed by atoms with Gasteiger partial charge in [-0.25, -0.2) is 14.8 Å². The molecule has 0 spiro atoms. The van der Waals surface area contributed by atoms with Gasteiger partial charge < -0.3 is 10.0 Å². The number of anilines is 1. The molecule has 0 aliphatic heterocycles. The lowest BCUT2D eigenvalue weighted by molar-refractivity contribution is 0.0701. The van der Waals surface area contributed by atoms with E-state index in [0.29, 0.717) is 10.7 Å². The molecule has 136 valence electrons. The highest BCUT2D eigenvalue weighted by molar-refractivity contribution is 7.20. The lowest BCUT2D eigenvalue weighted by Gasteiger charge is -2.23. The third kappa shape index (κ3) is 3.42. The molecule has 5 nitrogen and oxygen atoms in total. The fourth-order valence-corrected chi connectivity index (χ4v) is 4.04. The number of hydrogen-bond acceptors (Lipinski definition) is 5. The SMILES string of the molecule is CCCCN(CC)c1nc(-c2ccccc2)nc2sc(C(=O)O)c(C)c12. The Bertz CT molecular complexity index is 922. The Morgan fingerprint density at radius 1 is 1.19 bits per heavy atom. The van der Waals surface area contributed by atoms with Crippen LogP contribution >= 0.6 is 11.3 Å². The first-order chi connectivity index (χ1) is 12.6. The van der Waals surface area contributed by atoms with E-state index in [1.165, 1.54) is 11.3 Å². The molecule has 0 saturated carbocycles. The molecule has 2 heterocycles. The average molecular weight is 369 g/mol. The molecule has 0 bridgehead atoms. The first kappa shape index (κ1) is 18.3. The minimum Gasteiger partial charge on any atom is -0.477 e. The summed E-state index contributed by atoms with van der Waals surface area (Å²) < 4.78 is 0. The van der Waals surface area contributed by atoms with Crippen LogP contribution < -0.4 is 4.90 Å². The number of carboxylic acids is 1. The number of nitrogens with zero attached hydrogens (tertiary/aromatic N) is 3. The Morgan fingerprint density at radius 3 is 2.54 bits per heavy atom. The summed E-state index contributed by atoms with van der Waals surface area (Å²) in [6.45, 7) is 7.83. The van der Waals surface area contributed by atoms with Crippen molar-refractivity contribution in [3.05, 3.63) is 40.8 Å². The van der Waals surface area contributed by atoms with Gasteiger partial charge in [0.25, 0.3) is 0 Å². The van der Waals surface area contributed by atoms with Gasteiger partial charge in [0, 0.05) is 18.7 Å². The first-order valence-corrected chi connectivity index (χ1v) is 9.73. The first-order valence-electron chi connectivity index (χ1n) is 8.91. The van der Waals surface area contributed by atoms with Crippen molar-refractivity contribution >= 4 is 33.3 Å². The summed E-state index contributed by atoms with van der Waals surface area (Å²) in [7, 11) is 0. The zero-order valence-corrected chi connectivity index (χ0v) is 16.1. The van der Waals surface area contributed by atoms with E-state index in [2.05, 4.69) is 23.7 Å². The van der Waals surface area contributed by atoms with Crippen LogP contribution in [0.15, 0.2) is 30.3 Å². The summed E-state index contributed by atoms with van der Waals surface area (Å²) in [6.07, 6.45) is 2.16. The van der Waals surface area contributed by atoms with Crippen LogP contribution in [0.2, 0.25) is 0 Å². The molecule has 0 amide bonds. The number of carbonyl (C=O) groups is 1. The normalized spacial score (nSPS) is 11.0. The maximum atomic E-state index is 11.6. The van der Waals surface area contributed by atoms with Gasteiger partial charge in [-0.2, -0.15) is 0 Å². The van der Waals surface area contributed by atoms with Crippen LogP contribution in [0.5, 0.6) is 0 Å². The van der Waals surface area contributed by atoms with Crippen molar-refractivity contribution in [2.24, 2.45) is 0 Å². The van der Waals surface area contributed by atoms with E-state index in [-0.39, 0.29) is 0 Å². The number of rotatable bonds is 7. The number of thiophene rings is 1. The van der Waals surface area contributed by atoms with Crippen molar-refractivity contribution in [1.29, 1.82) is 0 Å². The summed E-state index contributed by atoms with van der Waals surface area (Å²) in [5.74, 6) is 0.571. The zero-order valence-electron chi connectivity index (χ0n) is 15.3. The van der Waals surface area contributed by atoms with Crippen LogP contribution in [-0.2, 0) is 0 Å². The van der Waals surface area contributed by atoms with Crippen molar-refractivity contribution in [2.75, 3.05) is 18.0 Å². The number of aryl methyl sites for hydroxylation is 1. The molecule has 6 heteroatoms. The number of benzene rings is 1. The fraction of sp³-hybridized carbons (Fsp3) is 0.350. The molecule has 3 rings (SSSR count). The van der Waals surface area contributed by atoms with Gasteiger partial charge in [-0.1, -0.05) is 43.7 Å². The molecule has 0 aliphatic carbocycles. The molecule has 0 radical (unpaired) electrons. The molecule has 3 aromatic rings. The Kier molecular flexibility index (Phi) is 5.52. The lowest BCUT2D eigenvalue weighted by Crippen LogP contribution is -2.25. The molecule has 0 saturated heterocycles. The van der Waals surface area contributed by atoms with Crippen molar-refractivity contribution in [2.45, 2.75) is 33.6 Å². The summed E-state index contributed by atoms with van der Waals surface area (Å²) in [4.78, 5) is 24.5. The predicted molar refractivity (Wildman–Crippen MR) is 107 cm³/mol. The van der Waals surface area contributed by atoms with Gasteiger partial charge in [0.2, 0.25) is 0 Å². The third-order valence-electron chi connectivity index (χ3n) is 4.46. The molecule has 0 fully saturated rings. The van der Waals surface area contributed by atoms with Crippen molar-refractivity contribution in [1.82, 2.24) is 9.97 Å². The molecular formula is C20H23N3O2S. The summed E-state index contributed by atoms with van der Waals surface area (Å²) in [5.41, 5.74) is 1.69. The second-order valence-electron chi connectivity index (χ2n) is 6.21. The van der Waals surface area contributed by atoms with E-state index in [1.807, 2.05) is 37.3 Å². The summed E-state index contributed by atoms with van der Waals surface area (Å²) >= 11 is 1.23. The Morgan fingerprint density at radius 2 is 1.92 bits per heavy atom. The predicted octanol–water partition coefficient (Wildman–Crippen LogP) is 4.99. The number of unbranched alkanes of at least 4 members (excludes halogenated alkanes) is 1. The number of aromatic nitrogens is 2.